The van der Waals surface area contributed by atoms with Gasteiger partial charge >= 0.3 is 0 Å². The van der Waals surface area contributed by atoms with Crippen LogP contribution in [0, 0.1) is 11.7 Å². The van der Waals surface area contributed by atoms with Gasteiger partial charge < -0.3 is 0 Å². The van der Waals surface area contributed by atoms with E-state index in [-0.39, 0.29) is 22.9 Å². The van der Waals surface area contributed by atoms with Gasteiger partial charge in [0.2, 0.25) is 5.91 Å². The molecule has 1 aliphatic heterocycles. The quantitative estimate of drug-likeness (QED) is 0.737. The van der Waals surface area contributed by atoms with Crippen LogP contribution in [0.5, 0.6) is 0 Å². The van der Waals surface area contributed by atoms with Gasteiger partial charge in [0.1, 0.15) is 10.7 Å². The molecule has 1 amide bonds. The van der Waals surface area contributed by atoms with E-state index < -0.39 is 42.4 Å². The number of rotatable bonds is 4. The van der Waals surface area contributed by atoms with Gasteiger partial charge in [0.25, 0.3) is 10.0 Å². The van der Waals surface area contributed by atoms with Gasteiger partial charge in [-0.1, -0.05) is 11.6 Å². The number of hydrogen-bond donors (Lipinski definition) is 2. The summed E-state index contributed by atoms with van der Waals surface area (Å²) in [4.78, 5) is 12.8. The Kier molecular flexibility index (Phi) is 4.76. The molecule has 0 saturated carbocycles. The molecule has 0 unspecified atom stereocenters. The summed E-state index contributed by atoms with van der Waals surface area (Å²) in [5.41, 5.74) is 1.90. The van der Waals surface area contributed by atoms with E-state index in [0.717, 1.165) is 12.1 Å². The minimum atomic E-state index is -4.33. The van der Waals surface area contributed by atoms with E-state index in [4.69, 9.17) is 11.6 Å². The van der Waals surface area contributed by atoms with Gasteiger partial charge in [-0.3, -0.25) is 10.2 Å². The fourth-order valence-electron chi connectivity index (χ4n) is 1.97. The van der Waals surface area contributed by atoms with Crippen LogP contribution in [-0.2, 0) is 24.7 Å². The van der Waals surface area contributed by atoms with Crippen molar-refractivity contribution in [2.24, 2.45) is 5.92 Å². The van der Waals surface area contributed by atoms with Crippen molar-refractivity contribution in [3.63, 3.8) is 0 Å². The lowest BCUT2D eigenvalue weighted by atomic mass is 10.1. The van der Waals surface area contributed by atoms with Crippen LogP contribution >= 0.6 is 11.6 Å². The molecule has 0 aromatic heterocycles. The van der Waals surface area contributed by atoms with Crippen molar-refractivity contribution in [2.45, 2.75) is 11.3 Å². The van der Waals surface area contributed by atoms with E-state index in [2.05, 4.69) is 0 Å². The van der Waals surface area contributed by atoms with Gasteiger partial charge in [-0.15, -0.1) is 4.83 Å². The predicted molar refractivity (Wildman–Crippen MR) is 76.6 cm³/mol. The van der Waals surface area contributed by atoms with E-state index in [1.165, 1.54) is 6.07 Å². The molecule has 1 aliphatic rings. The van der Waals surface area contributed by atoms with Crippen molar-refractivity contribution in [1.29, 1.82) is 0 Å². The van der Waals surface area contributed by atoms with E-state index >= 15 is 0 Å². The lowest BCUT2D eigenvalue weighted by Crippen LogP contribution is -2.44. The van der Waals surface area contributed by atoms with E-state index in [9.17, 15) is 26.0 Å². The van der Waals surface area contributed by atoms with Gasteiger partial charge in [-0.2, -0.15) is 0 Å². The lowest BCUT2D eigenvalue weighted by molar-refractivity contribution is -0.124. The Bertz CT molecular complexity index is 810. The van der Waals surface area contributed by atoms with E-state index in [1.807, 2.05) is 5.43 Å². The number of carbonyl (C=O) groups is 1. The molecule has 1 saturated heterocycles. The summed E-state index contributed by atoms with van der Waals surface area (Å²) in [6.07, 6.45) is 0.116. The minimum absolute atomic E-state index is 0.0247. The van der Waals surface area contributed by atoms with Crippen LogP contribution in [0.4, 0.5) is 4.39 Å². The van der Waals surface area contributed by atoms with Gasteiger partial charge in [-0.05, 0) is 24.6 Å². The number of sulfonamides is 1. The third-order valence-electron chi connectivity index (χ3n) is 3.10. The monoisotopic (exact) mass is 370 g/mol. The number of nitrogens with one attached hydrogen (secondary N) is 2. The fourth-order valence-corrected chi connectivity index (χ4v) is 4.78. The Labute approximate surface area is 131 Å². The molecule has 22 heavy (non-hydrogen) atoms. The summed E-state index contributed by atoms with van der Waals surface area (Å²) in [5.74, 6) is -3.14. The molecule has 2 N–H and O–H groups in total. The zero-order valence-corrected chi connectivity index (χ0v) is 13.4. The third-order valence-corrected chi connectivity index (χ3v) is 6.38. The Balaban J connectivity index is 2.05. The summed E-state index contributed by atoms with van der Waals surface area (Å²) in [6, 6.07) is 2.96. The number of carbonyl (C=O) groups excluding carboxylic acids is 1. The van der Waals surface area contributed by atoms with Crippen LogP contribution in [0.1, 0.15) is 6.42 Å². The first-order chi connectivity index (χ1) is 10.1. The molecule has 7 nitrogen and oxygen atoms in total. The number of amides is 1. The summed E-state index contributed by atoms with van der Waals surface area (Å²) in [5, 5.41) is 0.0247. The van der Waals surface area contributed by atoms with Crippen LogP contribution in [0.2, 0.25) is 5.02 Å². The number of benzene rings is 1. The normalized spacial score (nSPS) is 20.7. The standard InChI is InChI=1S/C11H12ClFN2O5S2/c12-8-1-2-10(9(13)5-8)22(19,20)15-14-11(16)7-3-4-21(17,18)6-7/h1-2,5,7,15H,3-4,6H2,(H,14,16)/t7-/m0/s1. The van der Waals surface area contributed by atoms with Crippen molar-refractivity contribution in [3.05, 3.63) is 29.0 Å². The highest BCUT2D eigenvalue weighted by Crippen LogP contribution is 2.20. The summed E-state index contributed by atoms with van der Waals surface area (Å²) < 4.78 is 59.9. The molecule has 1 atom stereocenters. The summed E-state index contributed by atoms with van der Waals surface area (Å²) in [7, 11) is -7.60. The SMILES string of the molecule is O=C(NNS(=O)(=O)c1ccc(Cl)cc1F)[C@H]1CCS(=O)(=O)C1. The highest BCUT2D eigenvalue weighted by molar-refractivity contribution is 7.91. The Morgan fingerprint density at radius 3 is 2.59 bits per heavy atom. The topological polar surface area (TPSA) is 109 Å². The molecule has 11 heteroatoms. The number of sulfone groups is 1. The van der Waals surface area contributed by atoms with Crippen molar-refractivity contribution in [1.82, 2.24) is 10.3 Å². The first-order valence-electron chi connectivity index (χ1n) is 6.08. The lowest BCUT2D eigenvalue weighted by Gasteiger charge is -2.11. The van der Waals surface area contributed by atoms with Crippen LogP contribution in [0.3, 0.4) is 0 Å². The molecule has 1 fully saturated rings. The second-order valence-corrected chi connectivity index (χ2v) is 9.09. The first kappa shape index (κ1) is 17.1. The second-order valence-electron chi connectivity index (χ2n) is 4.77. The van der Waals surface area contributed by atoms with Gasteiger partial charge in [-0.25, -0.2) is 21.2 Å². The van der Waals surface area contributed by atoms with Crippen LogP contribution in [0.15, 0.2) is 23.1 Å². The van der Waals surface area contributed by atoms with Crippen LogP contribution in [0.25, 0.3) is 0 Å². The van der Waals surface area contributed by atoms with Crippen molar-refractivity contribution in [2.75, 3.05) is 11.5 Å². The molecular formula is C11H12ClFN2O5S2. The molecule has 1 aromatic carbocycles. The van der Waals surface area contributed by atoms with Gasteiger partial charge in [0, 0.05) is 5.02 Å². The maximum absolute atomic E-state index is 13.6. The third kappa shape index (κ3) is 3.94. The maximum atomic E-state index is 13.6. The molecule has 1 aromatic rings. The van der Waals surface area contributed by atoms with Gasteiger partial charge in [0.05, 0.1) is 17.4 Å². The molecule has 122 valence electrons. The molecule has 0 aliphatic carbocycles. The molecule has 0 radical (unpaired) electrons. The predicted octanol–water partition coefficient (Wildman–Crippen LogP) is 0.223. The van der Waals surface area contributed by atoms with E-state index in [0.29, 0.717) is 0 Å². The Hall–Kier alpha value is -1.23. The highest BCUT2D eigenvalue weighted by atomic mass is 35.5. The largest absolute Gasteiger partial charge is 0.277 e. The zero-order valence-electron chi connectivity index (χ0n) is 11.0. The number of hydrogen-bond acceptors (Lipinski definition) is 5. The maximum Gasteiger partial charge on any atom is 0.260 e. The van der Waals surface area contributed by atoms with Gasteiger partial charge in [0.15, 0.2) is 9.84 Å². The fraction of sp³-hybridized carbons (Fsp3) is 0.364. The zero-order chi connectivity index (χ0) is 16.5. The molecule has 2 rings (SSSR count). The first-order valence-corrected chi connectivity index (χ1v) is 9.76. The average Bonchev–Trinajstić information content (AvgIpc) is 2.76. The Morgan fingerprint density at radius 2 is 2.05 bits per heavy atom. The van der Waals surface area contributed by atoms with Crippen molar-refractivity contribution < 1.29 is 26.0 Å². The van der Waals surface area contributed by atoms with E-state index in [1.54, 1.807) is 4.83 Å². The summed E-state index contributed by atoms with van der Waals surface area (Å²) >= 11 is 5.53. The van der Waals surface area contributed by atoms with Crippen molar-refractivity contribution in [3.8, 4) is 0 Å². The smallest absolute Gasteiger partial charge is 0.260 e. The summed E-state index contributed by atoms with van der Waals surface area (Å²) in [6.45, 7) is 0. The number of hydrazine groups is 1. The van der Waals surface area contributed by atoms with Crippen LogP contribution in [-0.4, -0.2) is 34.2 Å². The number of halogens is 2. The average molecular weight is 371 g/mol. The molecular weight excluding hydrogens is 359 g/mol. The highest BCUT2D eigenvalue weighted by Gasteiger charge is 2.33. The second kappa shape index (κ2) is 6.11. The minimum Gasteiger partial charge on any atom is -0.277 e. The van der Waals surface area contributed by atoms with Crippen LogP contribution < -0.4 is 10.3 Å². The van der Waals surface area contributed by atoms with Crippen molar-refractivity contribution >= 4 is 37.4 Å². The molecule has 1 heterocycles. The molecule has 0 bridgehead atoms. The Morgan fingerprint density at radius 1 is 1.36 bits per heavy atom. The molecule has 0 spiro atoms.